The summed E-state index contributed by atoms with van der Waals surface area (Å²) in [6, 6.07) is 5.60. The minimum Gasteiger partial charge on any atom is -0.372 e. The zero-order valence-corrected chi connectivity index (χ0v) is 9.81. The Balaban J connectivity index is 1.90. The molecule has 1 saturated heterocycles. The van der Waals surface area contributed by atoms with Crippen LogP contribution in [-0.4, -0.2) is 19.2 Å². The lowest BCUT2D eigenvalue weighted by Crippen LogP contribution is -2.16. The number of hydrogen-bond donors (Lipinski definition) is 1. The van der Waals surface area contributed by atoms with Gasteiger partial charge in [-0.3, -0.25) is 0 Å². The standard InChI is InChI=1S/C11H13Cl2NO/c12-10-2-1-8(5-11(10)13)7-15-9-3-4-14-6-9/h1-2,5,9,14H,3-4,6-7H2/t9-/m0/s1. The second-order valence-electron chi connectivity index (χ2n) is 3.67. The van der Waals surface area contributed by atoms with Gasteiger partial charge in [-0.25, -0.2) is 0 Å². The van der Waals surface area contributed by atoms with Crippen LogP contribution < -0.4 is 5.32 Å². The van der Waals surface area contributed by atoms with Crippen LogP contribution in [0.3, 0.4) is 0 Å². The number of benzene rings is 1. The largest absolute Gasteiger partial charge is 0.372 e. The molecule has 0 bridgehead atoms. The van der Waals surface area contributed by atoms with Crippen molar-refractivity contribution in [2.24, 2.45) is 0 Å². The maximum Gasteiger partial charge on any atom is 0.0721 e. The molecule has 1 aliphatic heterocycles. The topological polar surface area (TPSA) is 21.3 Å². The van der Waals surface area contributed by atoms with Gasteiger partial charge < -0.3 is 10.1 Å². The predicted molar refractivity (Wildman–Crippen MR) is 62.5 cm³/mol. The SMILES string of the molecule is Clc1ccc(CO[C@H]2CCNC2)cc1Cl. The van der Waals surface area contributed by atoms with Crippen molar-refractivity contribution in [3.05, 3.63) is 33.8 Å². The third-order valence-corrected chi connectivity index (χ3v) is 3.22. The summed E-state index contributed by atoms with van der Waals surface area (Å²) >= 11 is 11.7. The van der Waals surface area contributed by atoms with Gasteiger partial charge in [-0.15, -0.1) is 0 Å². The van der Waals surface area contributed by atoms with E-state index in [0.29, 0.717) is 22.8 Å². The van der Waals surface area contributed by atoms with E-state index in [-0.39, 0.29) is 0 Å². The van der Waals surface area contributed by atoms with Crippen LogP contribution in [0.15, 0.2) is 18.2 Å². The van der Waals surface area contributed by atoms with Crippen molar-refractivity contribution in [1.82, 2.24) is 5.32 Å². The summed E-state index contributed by atoms with van der Waals surface area (Å²) in [6.45, 7) is 2.59. The molecule has 0 aliphatic carbocycles. The van der Waals surface area contributed by atoms with E-state index in [1.54, 1.807) is 6.07 Å². The summed E-state index contributed by atoms with van der Waals surface area (Å²) < 4.78 is 5.72. The highest BCUT2D eigenvalue weighted by atomic mass is 35.5. The predicted octanol–water partition coefficient (Wildman–Crippen LogP) is 2.87. The molecule has 1 fully saturated rings. The molecule has 0 unspecified atom stereocenters. The van der Waals surface area contributed by atoms with E-state index < -0.39 is 0 Å². The zero-order chi connectivity index (χ0) is 10.7. The second-order valence-corrected chi connectivity index (χ2v) is 4.49. The lowest BCUT2D eigenvalue weighted by atomic mass is 10.2. The maximum absolute atomic E-state index is 5.91. The lowest BCUT2D eigenvalue weighted by molar-refractivity contribution is 0.0542. The van der Waals surface area contributed by atoms with Crippen molar-refractivity contribution in [1.29, 1.82) is 0 Å². The second kappa shape index (κ2) is 5.17. The van der Waals surface area contributed by atoms with Crippen LogP contribution in [0.25, 0.3) is 0 Å². The monoisotopic (exact) mass is 245 g/mol. The first-order valence-electron chi connectivity index (χ1n) is 5.02. The average molecular weight is 246 g/mol. The highest BCUT2D eigenvalue weighted by Crippen LogP contribution is 2.23. The molecule has 1 aromatic rings. The van der Waals surface area contributed by atoms with Crippen LogP contribution in [0.1, 0.15) is 12.0 Å². The average Bonchev–Trinajstić information content (AvgIpc) is 2.73. The van der Waals surface area contributed by atoms with Gasteiger partial charge in [-0.05, 0) is 30.7 Å². The normalized spacial score (nSPS) is 20.8. The quantitative estimate of drug-likeness (QED) is 0.885. The van der Waals surface area contributed by atoms with E-state index in [1.165, 1.54) is 0 Å². The molecule has 1 aromatic carbocycles. The molecule has 1 atom stereocenters. The Labute approximate surface area is 99.5 Å². The molecule has 0 spiro atoms. The van der Waals surface area contributed by atoms with Gasteiger partial charge in [0, 0.05) is 6.54 Å². The third kappa shape index (κ3) is 3.08. The molecule has 1 N–H and O–H groups in total. The van der Waals surface area contributed by atoms with Gasteiger partial charge in [0.05, 0.1) is 22.8 Å². The van der Waals surface area contributed by atoms with E-state index in [2.05, 4.69) is 5.32 Å². The molecule has 0 aromatic heterocycles. The van der Waals surface area contributed by atoms with Gasteiger partial charge in [0.2, 0.25) is 0 Å². The van der Waals surface area contributed by atoms with E-state index in [0.717, 1.165) is 25.1 Å². The Morgan fingerprint density at radius 1 is 1.33 bits per heavy atom. The van der Waals surface area contributed by atoms with E-state index in [4.69, 9.17) is 27.9 Å². The molecule has 1 aliphatic rings. The van der Waals surface area contributed by atoms with Crippen LogP contribution in [0, 0.1) is 0 Å². The van der Waals surface area contributed by atoms with Gasteiger partial charge in [-0.1, -0.05) is 29.3 Å². The third-order valence-electron chi connectivity index (χ3n) is 2.48. The summed E-state index contributed by atoms with van der Waals surface area (Å²) in [5.74, 6) is 0. The van der Waals surface area contributed by atoms with E-state index in [1.807, 2.05) is 12.1 Å². The molecule has 0 amide bonds. The van der Waals surface area contributed by atoms with Gasteiger partial charge in [0.1, 0.15) is 0 Å². The first-order valence-corrected chi connectivity index (χ1v) is 5.77. The van der Waals surface area contributed by atoms with Gasteiger partial charge >= 0.3 is 0 Å². The summed E-state index contributed by atoms with van der Waals surface area (Å²) in [7, 11) is 0. The Hall–Kier alpha value is -0.280. The first-order chi connectivity index (χ1) is 7.25. The highest BCUT2D eigenvalue weighted by molar-refractivity contribution is 6.41. The Kier molecular flexibility index (Phi) is 3.87. The summed E-state index contributed by atoms with van der Waals surface area (Å²) in [5.41, 5.74) is 1.07. The lowest BCUT2D eigenvalue weighted by Gasteiger charge is -2.10. The van der Waals surface area contributed by atoms with Crippen molar-refractivity contribution in [2.45, 2.75) is 19.1 Å². The summed E-state index contributed by atoms with van der Waals surface area (Å²) in [6.07, 6.45) is 1.42. The Morgan fingerprint density at radius 3 is 2.87 bits per heavy atom. The molecule has 0 radical (unpaired) electrons. The minimum absolute atomic E-state index is 0.333. The molecule has 2 nitrogen and oxygen atoms in total. The van der Waals surface area contributed by atoms with Gasteiger partial charge in [0.25, 0.3) is 0 Å². The molecule has 15 heavy (non-hydrogen) atoms. The molecular weight excluding hydrogens is 233 g/mol. The van der Waals surface area contributed by atoms with Crippen LogP contribution in [0.2, 0.25) is 10.0 Å². The maximum atomic E-state index is 5.91. The van der Waals surface area contributed by atoms with E-state index in [9.17, 15) is 0 Å². The van der Waals surface area contributed by atoms with Crippen molar-refractivity contribution in [3.8, 4) is 0 Å². The Bertz CT molecular complexity index is 337. The van der Waals surface area contributed by atoms with Crippen LogP contribution in [0.5, 0.6) is 0 Å². The molecule has 4 heteroatoms. The Morgan fingerprint density at radius 2 is 2.20 bits per heavy atom. The first kappa shape index (κ1) is 11.2. The molecule has 82 valence electrons. The number of ether oxygens (including phenoxy) is 1. The summed E-state index contributed by atoms with van der Waals surface area (Å²) in [4.78, 5) is 0. The van der Waals surface area contributed by atoms with Crippen molar-refractivity contribution in [3.63, 3.8) is 0 Å². The number of halogens is 2. The fraction of sp³-hybridized carbons (Fsp3) is 0.455. The van der Waals surface area contributed by atoms with Crippen molar-refractivity contribution < 1.29 is 4.74 Å². The van der Waals surface area contributed by atoms with Crippen molar-refractivity contribution >= 4 is 23.2 Å². The molecular formula is C11H13Cl2NO. The molecule has 1 heterocycles. The zero-order valence-electron chi connectivity index (χ0n) is 8.30. The van der Waals surface area contributed by atoms with Gasteiger partial charge in [0.15, 0.2) is 0 Å². The van der Waals surface area contributed by atoms with Crippen LogP contribution in [-0.2, 0) is 11.3 Å². The number of nitrogens with one attached hydrogen (secondary N) is 1. The van der Waals surface area contributed by atoms with Crippen LogP contribution in [0.4, 0.5) is 0 Å². The molecule has 2 rings (SSSR count). The van der Waals surface area contributed by atoms with E-state index >= 15 is 0 Å². The fourth-order valence-electron chi connectivity index (χ4n) is 1.61. The van der Waals surface area contributed by atoms with Crippen molar-refractivity contribution in [2.75, 3.05) is 13.1 Å². The smallest absolute Gasteiger partial charge is 0.0721 e. The summed E-state index contributed by atoms with van der Waals surface area (Å²) in [5, 5.41) is 4.43. The number of hydrogen-bond acceptors (Lipinski definition) is 2. The fourth-order valence-corrected chi connectivity index (χ4v) is 1.93. The molecule has 0 saturated carbocycles. The number of rotatable bonds is 3. The van der Waals surface area contributed by atoms with Gasteiger partial charge in [-0.2, -0.15) is 0 Å². The van der Waals surface area contributed by atoms with Crippen LogP contribution >= 0.6 is 23.2 Å². The minimum atomic E-state index is 0.333. The highest BCUT2D eigenvalue weighted by Gasteiger charge is 2.14.